The molecule has 0 aliphatic carbocycles. The molecule has 2 aliphatic rings. The van der Waals surface area contributed by atoms with Gasteiger partial charge in [0.25, 0.3) is 5.91 Å². The van der Waals surface area contributed by atoms with Gasteiger partial charge < -0.3 is 4.84 Å². The Bertz CT molecular complexity index is 592. The van der Waals surface area contributed by atoms with Crippen LogP contribution in [0.4, 0.5) is 4.39 Å². The lowest BCUT2D eigenvalue weighted by Crippen LogP contribution is -2.23. The molecule has 1 amide bonds. The first-order chi connectivity index (χ1) is 9.65. The molecule has 2 heterocycles. The summed E-state index contributed by atoms with van der Waals surface area (Å²) >= 11 is 3.00. The molecule has 0 bridgehead atoms. The van der Waals surface area contributed by atoms with Crippen molar-refractivity contribution in [3.63, 3.8) is 0 Å². The first-order valence-corrected chi connectivity index (χ1v) is 7.91. The third kappa shape index (κ3) is 2.55. The lowest BCUT2D eigenvalue weighted by Gasteiger charge is -2.12. The maximum absolute atomic E-state index is 12.8. The van der Waals surface area contributed by atoms with E-state index in [1.807, 2.05) is 0 Å². The highest BCUT2D eigenvalue weighted by molar-refractivity contribution is 8.25. The highest BCUT2D eigenvalue weighted by Gasteiger charge is 2.40. The fourth-order valence-electron chi connectivity index (χ4n) is 1.88. The van der Waals surface area contributed by atoms with Gasteiger partial charge in [0.05, 0.1) is 10.8 Å². The van der Waals surface area contributed by atoms with Gasteiger partial charge in [0.15, 0.2) is 0 Å². The number of nitrogens with zero attached hydrogens (tertiary/aromatic N) is 1. The van der Waals surface area contributed by atoms with E-state index in [9.17, 15) is 14.0 Å². The van der Waals surface area contributed by atoms with E-state index in [1.54, 1.807) is 12.1 Å². The molecule has 2 aliphatic heterocycles. The van der Waals surface area contributed by atoms with Gasteiger partial charge in [-0.25, -0.2) is 9.18 Å². The summed E-state index contributed by atoms with van der Waals surface area (Å²) in [4.78, 5) is 29.0. The second-order valence-corrected chi connectivity index (χ2v) is 6.68. The Morgan fingerprint density at radius 1 is 1.15 bits per heavy atom. The predicted octanol–water partition coefficient (Wildman–Crippen LogP) is 2.32. The van der Waals surface area contributed by atoms with Crippen LogP contribution in [0.15, 0.2) is 34.1 Å². The van der Waals surface area contributed by atoms with Gasteiger partial charge in [-0.05, 0) is 17.7 Å². The maximum Gasteiger partial charge on any atom is 0.370 e. The largest absolute Gasteiger partial charge is 0.370 e. The first-order valence-electron chi connectivity index (χ1n) is 5.93. The molecule has 4 nitrogen and oxygen atoms in total. The molecule has 0 radical (unpaired) electrons. The predicted molar refractivity (Wildman–Crippen MR) is 75.0 cm³/mol. The summed E-state index contributed by atoms with van der Waals surface area (Å²) in [5, 5.41) is 1.03. The van der Waals surface area contributed by atoms with Gasteiger partial charge in [0.1, 0.15) is 11.4 Å². The molecule has 2 saturated heterocycles. The SMILES string of the molecule is O=C1ON(Cc2ccc(F)cc2)C(=O)C1=C1SCCS1. The highest BCUT2D eigenvalue weighted by atomic mass is 32.2. The molecule has 0 N–H and O–H groups in total. The van der Waals surface area contributed by atoms with Gasteiger partial charge in [-0.1, -0.05) is 12.1 Å². The molecule has 3 rings (SSSR count). The molecule has 0 spiro atoms. The van der Waals surface area contributed by atoms with Crippen LogP contribution in [0.2, 0.25) is 0 Å². The zero-order valence-corrected chi connectivity index (χ0v) is 11.9. The van der Waals surface area contributed by atoms with Gasteiger partial charge in [-0.2, -0.15) is 5.06 Å². The number of thioether (sulfide) groups is 2. The fourth-order valence-corrected chi connectivity index (χ4v) is 4.39. The quantitative estimate of drug-likeness (QED) is 0.619. The van der Waals surface area contributed by atoms with E-state index in [1.165, 1.54) is 35.7 Å². The van der Waals surface area contributed by atoms with Crippen LogP contribution in [-0.2, 0) is 21.0 Å². The fraction of sp³-hybridized carbons (Fsp3) is 0.231. The van der Waals surface area contributed by atoms with Gasteiger partial charge in [-0.3, -0.25) is 4.79 Å². The van der Waals surface area contributed by atoms with Crippen molar-refractivity contribution in [2.75, 3.05) is 11.5 Å². The van der Waals surface area contributed by atoms with E-state index < -0.39 is 11.9 Å². The van der Waals surface area contributed by atoms with Crippen molar-refractivity contribution < 1.29 is 18.8 Å². The molecule has 0 atom stereocenters. The van der Waals surface area contributed by atoms with Crippen molar-refractivity contribution >= 4 is 35.4 Å². The summed E-state index contributed by atoms with van der Waals surface area (Å²) in [6, 6.07) is 5.72. The van der Waals surface area contributed by atoms with Crippen LogP contribution in [0.5, 0.6) is 0 Å². The van der Waals surface area contributed by atoms with E-state index in [4.69, 9.17) is 4.84 Å². The van der Waals surface area contributed by atoms with Crippen LogP contribution in [0.25, 0.3) is 0 Å². The minimum Gasteiger partial charge on any atom is -0.332 e. The highest BCUT2D eigenvalue weighted by Crippen LogP contribution is 2.41. The molecule has 1 aromatic carbocycles. The number of amides is 1. The number of rotatable bonds is 2. The van der Waals surface area contributed by atoms with Gasteiger partial charge in [0.2, 0.25) is 0 Å². The van der Waals surface area contributed by atoms with Gasteiger partial charge >= 0.3 is 5.97 Å². The molecule has 20 heavy (non-hydrogen) atoms. The topological polar surface area (TPSA) is 46.6 Å². The first kappa shape index (κ1) is 13.5. The van der Waals surface area contributed by atoms with E-state index in [2.05, 4.69) is 0 Å². The number of hydroxylamine groups is 2. The number of benzene rings is 1. The average Bonchev–Trinajstić information content (AvgIpc) is 3.02. The van der Waals surface area contributed by atoms with Crippen LogP contribution >= 0.6 is 23.5 Å². The molecule has 0 saturated carbocycles. The summed E-state index contributed by atoms with van der Waals surface area (Å²) < 4.78 is 13.6. The summed E-state index contributed by atoms with van der Waals surface area (Å²) in [6.07, 6.45) is 0. The minimum atomic E-state index is -0.603. The van der Waals surface area contributed by atoms with Crippen LogP contribution in [0.1, 0.15) is 5.56 Å². The summed E-state index contributed by atoms with van der Waals surface area (Å²) in [7, 11) is 0. The van der Waals surface area contributed by atoms with Gasteiger partial charge in [-0.15, -0.1) is 23.5 Å². The third-order valence-electron chi connectivity index (χ3n) is 2.83. The van der Waals surface area contributed by atoms with Crippen molar-refractivity contribution in [2.24, 2.45) is 0 Å². The van der Waals surface area contributed by atoms with Gasteiger partial charge in [0, 0.05) is 11.5 Å². The second kappa shape index (κ2) is 5.49. The van der Waals surface area contributed by atoms with E-state index in [0.29, 0.717) is 5.56 Å². The molecule has 1 aromatic rings. The third-order valence-corrected chi connectivity index (χ3v) is 5.55. The zero-order chi connectivity index (χ0) is 14.1. The molecule has 104 valence electrons. The standard InChI is InChI=1S/C13H10FNO3S2/c14-9-3-1-8(2-4-9)7-15-11(16)10(12(17)18-15)13-19-5-6-20-13/h1-4H,5-7H2. The molecule has 7 heteroatoms. The Morgan fingerprint density at radius 2 is 1.80 bits per heavy atom. The lowest BCUT2D eigenvalue weighted by atomic mass is 10.2. The molecular formula is C13H10FNO3S2. The Hall–Kier alpha value is -1.47. The van der Waals surface area contributed by atoms with Crippen LogP contribution < -0.4 is 0 Å². The van der Waals surface area contributed by atoms with Crippen LogP contribution in [-0.4, -0.2) is 28.4 Å². The van der Waals surface area contributed by atoms with Crippen molar-refractivity contribution in [3.05, 3.63) is 45.5 Å². The summed E-state index contributed by atoms with van der Waals surface area (Å²) in [5.41, 5.74) is 0.824. The van der Waals surface area contributed by atoms with Crippen molar-refractivity contribution in [1.82, 2.24) is 5.06 Å². The Kier molecular flexibility index (Phi) is 3.71. The van der Waals surface area contributed by atoms with Crippen LogP contribution in [0, 0.1) is 5.82 Å². The number of carbonyl (C=O) groups excluding carboxylic acids is 2. The Labute approximate surface area is 123 Å². The number of carbonyl (C=O) groups is 2. The molecule has 0 unspecified atom stereocenters. The molecule has 0 aromatic heterocycles. The number of hydrogen-bond acceptors (Lipinski definition) is 5. The van der Waals surface area contributed by atoms with Crippen LogP contribution in [0.3, 0.4) is 0 Å². The number of halogens is 1. The molecular weight excluding hydrogens is 301 g/mol. The average molecular weight is 311 g/mol. The van der Waals surface area contributed by atoms with E-state index >= 15 is 0 Å². The normalized spacial score (nSPS) is 18.9. The summed E-state index contributed by atoms with van der Waals surface area (Å²) in [6.45, 7) is 0.122. The maximum atomic E-state index is 12.8. The van der Waals surface area contributed by atoms with E-state index in [-0.39, 0.29) is 17.9 Å². The second-order valence-electron chi connectivity index (χ2n) is 4.21. The van der Waals surface area contributed by atoms with Crippen molar-refractivity contribution in [3.8, 4) is 0 Å². The summed E-state index contributed by atoms with van der Waals surface area (Å²) in [5.74, 6) is 0.412. The van der Waals surface area contributed by atoms with E-state index in [0.717, 1.165) is 20.8 Å². The monoisotopic (exact) mass is 311 g/mol. The minimum absolute atomic E-state index is 0.122. The Morgan fingerprint density at radius 3 is 2.45 bits per heavy atom. The Balaban J connectivity index is 1.79. The zero-order valence-electron chi connectivity index (χ0n) is 10.3. The van der Waals surface area contributed by atoms with Crippen molar-refractivity contribution in [2.45, 2.75) is 6.54 Å². The smallest absolute Gasteiger partial charge is 0.332 e. The van der Waals surface area contributed by atoms with Crippen molar-refractivity contribution in [1.29, 1.82) is 0 Å². The number of hydrogen-bond donors (Lipinski definition) is 0. The lowest BCUT2D eigenvalue weighted by molar-refractivity contribution is -0.180. The molecule has 2 fully saturated rings.